The molecule has 0 spiro atoms. The fourth-order valence-electron chi connectivity index (χ4n) is 3.73. The summed E-state index contributed by atoms with van der Waals surface area (Å²) in [5, 5.41) is 4.31. The molecule has 2 aromatic heterocycles. The lowest BCUT2D eigenvalue weighted by atomic mass is 10.1. The van der Waals surface area contributed by atoms with Gasteiger partial charge in [0.25, 0.3) is 0 Å². The van der Waals surface area contributed by atoms with Gasteiger partial charge in [0.1, 0.15) is 0 Å². The van der Waals surface area contributed by atoms with Crippen LogP contribution in [0.25, 0.3) is 0 Å². The van der Waals surface area contributed by atoms with Gasteiger partial charge in [0.15, 0.2) is 0 Å². The molecule has 0 unspecified atom stereocenters. The van der Waals surface area contributed by atoms with Crippen LogP contribution in [0, 0.1) is 0 Å². The third kappa shape index (κ3) is 5.25. The molecule has 0 atom stereocenters. The van der Waals surface area contributed by atoms with Crippen molar-refractivity contribution in [2.24, 2.45) is 0 Å². The van der Waals surface area contributed by atoms with Crippen LogP contribution in [0.4, 0.5) is 0 Å². The van der Waals surface area contributed by atoms with E-state index < -0.39 is 0 Å². The first-order valence-electron chi connectivity index (χ1n) is 9.75. The Morgan fingerprint density at radius 3 is 2.30 bits per heavy atom. The second-order valence-corrected chi connectivity index (χ2v) is 7.25. The third-order valence-electron chi connectivity index (χ3n) is 5.09. The summed E-state index contributed by atoms with van der Waals surface area (Å²) in [4.78, 5) is 9.57. The van der Waals surface area contributed by atoms with Crippen molar-refractivity contribution in [2.75, 3.05) is 26.2 Å². The number of nitrogens with zero attached hydrogens (tertiary/aromatic N) is 5. The highest BCUT2D eigenvalue weighted by atomic mass is 15.3. The van der Waals surface area contributed by atoms with E-state index in [1.165, 1.54) is 17.5 Å². The van der Waals surface area contributed by atoms with Gasteiger partial charge in [-0.2, -0.15) is 5.10 Å². The molecule has 0 amide bonds. The first kappa shape index (κ1) is 17.9. The van der Waals surface area contributed by atoms with Crippen LogP contribution in [0.5, 0.6) is 0 Å². The van der Waals surface area contributed by atoms with E-state index in [2.05, 4.69) is 56.3 Å². The molecular weight excluding hydrogens is 334 g/mol. The number of pyridine rings is 1. The van der Waals surface area contributed by atoms with Crippen molar-refractivity contribution in [1.29, 1.82) is 0 Å². The molecule has 1 fully saturated rings. The van der Waals surface area contributed by atoms with Crippen molar-refractivity contribution in [2.45, 2.75) is 26.1 Å². The van der Waals surface area contributed by atoms with Gasteiger partial charge in [0.2, 0.25) is 0 Å². The fourth-order valence-corrected chi connectivity index (χ4v) is 3.73. The largest absolute Gasteiger partial charge is 0.298 e. The predicted octanol–water partition coefficient (Wildman–Crippen LogP) is 3.03. The van der Waals surface area contributed by atoms with Crippen molar-refractivity contribution in [3.05, 3.63) is 83.9 Å². The molecule has 5 nitrogen and oxygen atoms in total. The summed E-state index contributed by atoms with van der Waals surface area (Å²) in [7, 11) is 0. The van der Waals surface area contributed by atoms with Crippen molar-refractivity contribution < 1.29 is 0 Å². The summed E-state index contributed by atoms with van der Waals surface area (Å²) >= 11 is 0. The lowest BCUT2D eigenvalue weighted by Crippen LogP contribution is -2.30. The molecule has 5 heteroatoms. The van der Waals surface area contributed by atoms with Gasteiger partial charge in [-0.3, -0.25) is 19.5 Å². The van der Waals surface area contributed by atoms with Gasteiger partial charge in [-0.1, -0.05) is 30.3 Å². The molecule has 0 saturated carbocycles. The molecule has 3 heterocycles. The lowest BCUT2D eigenvalue weighted by Gasteiger charge is -2.22. The van der Waals surface area contributed by atoms with Crippen LogP contribution in [0.1, 0.15) is 23.2 Å². The molecule has 1 aromatic carbocycles. The molecule has 0 aliphatic carbocycles. The number of hydrogen-bond donors (Lipinski definition) is 0. The van der Waals surface area contributed by atoms with E-state index in [1.807, 2.05) is 35.4 Å². The summed E-state index contributed by atoms with van der Waals surface area (Å²) in [6.45, 7) is 7.31. The molecule has 27 heavy (non-hydrogen) atoms. The van der Waals surface area contributed by atoms with Gasteiger partial charge >= 0.3 is 0 Å². The van der Waals surface area contributed by atoms with E-state index in [0.717, 1.165) is 51.5 Å². The van der Waals surface area contributed by atoms with Gasteiger partial charge < -0.3 is 0 Å². The Hall–Kier alpha value is -2.50. The van der Waals surface area contributed by atoms with Gasteiger partial charge in [-0.25, -0.2) is 0 Å². The Morgan fingerprint density at radius 2 is 1.56 bits per heavy atom. The van der Waals surface area contributed by atoms with Crippen LogP contribution < -0.4 is 0 Å². The lowest BCUT2D eigenvalue weighted by molar-refractivity contribution is 0.245. The molecule has 0 bridgehead atoms. The molecule has 1 aliphatic rings. The molecule has 0 N–H and O–H groups in total. The van der Waals surface area contributed by atoms with Gasteiger partial charge in [-0.05, 0) is 48.8 Å². The standard InChI is InChI=1S/C22H27N5/c1-2-9-23-22(8-1)19-26-12-5-11-25(14-15-26)17-20-6-3-7-21(16-20)18-27-13-4-10-24-27/h1-4,6-10,13,16H,5,11-12,14-15,17-19H2. The normalized spacial score (nSPS) is 16.3. The second-order valence-electron chi connectivity index (χ2n) is 7.25. The quantitative estimate of drug-likeness (QED) is 0.676. The van der Waals surface area contributed by atoms with Crippen LogP contribution in [0.15, 0.2) is 67.1 Å². The number of aromatic nitrogens is 3. The number of benzene rings is 1. The molecule has 140 valence electrons. The van der Waals surface area contributed by atoms with Crippen molar-refractivity contribution in [3.8, 4) is 0 Å². The zero-order chi connectivity index (χ0) is 18.3. The first-order chi connectivity index (χ1) is 13.3. The fraction of sp³-hybridized carbons (Fsp3) is 0.364. The van der Waals surface area contributed by atoms with E-state index in [0.29, 0.717) is 0 Å². The zero-order valence-electron chi connectivity index (χ0n) is 15.7. The molecular formula is C22H27N5. The van der Waals surface area contributed by atoms with Crippen LogP contribution in [0.2, 0.25) is 0 Å². The average molecular weight is 361 g/mol. The van der Waals surface area contributed by atoms with E-state index in [4.69, 9.17) is 0 Å². The Morgan fingerprint density at radius 1 is 0.741 bits per heavy atom. The van der Waals surface area contributed by atoms with Crippen LogP contribution in [-0.2, 0) is 19.6 Å². The maximum absolute atomic E-state index is 4.47. The van der Waals surface area contributed by atoms with Gasteiger partial charge in [0.05, 0.1) is 12.2 Å². The van der Waals surface area contributed by atoms with Gasteiger partial charge in [-0.15, -0.1) is 0 Å². The topological polar surface area (TPSA) is 37.2 Å². The maximum Gasteiger partial charge on any atom is 0.0659 e. The molecule has 4 rings (SSSR count). The number of hydrogen-bond acceptors (Lipinski definition) is 4. The van der Waals surface area contributed by atoms with E-state index in [9.17, 15) is 0 Å². The molecule has 3 aromatic rings. The summed E-state index contributed by atoms with van der Waals surface area (Å²) in [5.74, 6) is 0. The Labute approximate surface area is 161 Å². The van der Waals surface area contributed by atoms with E-state index >= 15 is 0 Å². The van der Waals surface area contributed by atoms with Gasteiger partial charge in [0, 0.05) is 44.8 Å². The van der Waals surface area contributed by atoms with Crippen LogP contribution in [0.3, 0.4) is 0 Å². The smallest absolute Gasteiger partial charge is 0.0659 e. The highest BCUT2D eigenvalue weighted by molar-refractivity contribution is 5.23. The van der Waals surface area contributed by atoms with Crippen LogP contribution >= 0.6 is 0 Å². The Kier molecular flexibility index (Phi) is 5.92. The van der Waals surface area contributed by atoms with Crippen molar-refractivity contribution >= 4 is 0 Å². The highest BCUT2D eigenvalue weighted by Gasteiger charge is 2.15. The summed E-state index contributed by atoms with van der Waals surface area (Å²) in [5.41, 5.74) is 3.86. The second kappa shape index (κ2) is 8.93. The molecule has 1 aliphatic heterocycles. The minimum absolute atomic E-state index is 0.832. The summed E-state index contributed by atoms with van der Waals surface area (Å²) in [6, 6.07) is 17.0. The monoisotopic (exact) mass is 361 g/mol. The Bertz CT molecular complexity index is 816. The minimum atomic E-state index is 0.832. The predicted molar refractivity (Wildman–Crippen MR) is 107 cm³/mol. The van der Waals surface area contributed by atoms with E-state index in [1.54, 1.807) is 0 Å². The average Bonchev–Trinajstić information content (AvgIpc) is 3.10. The number of rotatable bonds is 6. The van der Waals surface area contributed by atoms with Crippen molar-refractivity contribution in [1.82, 2.24) is 24.6 Å². The summed E-state index contributed by atoms with van der Waals surface area (Å²) in [6.07, 6.45) is 6.94. The molecule has 1 saturated heterocycles. The zero-order valence-corrected chi connectivity index (χ0v) is 15.7. The first-order valence-corrected chi connectivity index (χ1v) is 9.75. The highest BCUT2D eigenvalue weighted by Crippen LogP contribution is 2.13. The molecule has 0 radical (unpaired) electrons. The van der Waals surface area contributed by atoms with Crippen molar-refractivity contribution in [3.63, 3.8) is 0 Å². The summed E-state index contributed by atoms with van der Waals surface area (Å²) < 4.78 is 1.97. The third-order valence-corrected chi connectivity index (χ3v) is 5.09. The SMILES string of the molecule is c1ccc(CN2CCCN(Cc3cccc(Cn4cccn4)c3)CC2)nc1. The van der Waals surface area contributed by atoms with Crippen LogP contribution in [-0.4, -0.2) is 50.7 Å². The Balaban J connectivity index is 1.32. The minimum Gasteiger partial charge on any atom is -0.298 e. The van der Waals surface area contributed by atoms with E-state index in [-0.39, 0.29) is 0 Å². The maximum atomic E-state index is 4.47.